The number of nitrogens with one attached hydrogen (secondary N) is 1. The first-order valence-electron chi connectivity index (χ1n) is 13.6. The van der Waals surface area contributed by atoms with Crippen LogP contribution in [0.1, 0.15) is 27.9 Å². The number of fused-ring (bicyclic) bond motifs is 2. The average molecular weight is 570 g/mol. The molecule has 7 nitrogen and oxygen atoms in total. The van der Waals surface area contributed by atoms with Crippen LogP contribution < -0.4 is 10.2 Å². The molecule has 0 aromatic heterocycles. The third-order valence-corrected chi connectivity index (χ3v) is 10.7. The summed E-state index contributed by atoms with van der Waals surface area (Å²) in [5.41, 5.74) is 7.63. The summed E-state index contributed by atoms with van der Waals surface area (Å²) < 4.78 is 2.15. The van der Waals surface area contributed by atoms with Crippen LogP contribution in [0, 0.1) is 0 Å². The van der Waals surface area contributed by atoms with Crippen molar-refractivity contribution in [1.29, 1.82) is 0 Å². The van der Waals surface area contributed by atoms with Crippen molar-refractivity contribution in [2.45, 2.75) is 11.3 Å². The van der Waals surface area contributed by atoms with Gasteiger partial charge in [-0.15, -0.1) is 0 Å². The molecule has 2 heterocycles. The van der Waals surface area contributed by atoms with Crippen molar-refractivity contribution in [3.63, 3.8) is 0 Å². The van der Waals surface area contributed by atoms with Crippen LogP contribution in [0.25, 0.3) is 5.57 Å². The Morgan fingerprint density at radius 3 is 2.27 bits per heavy atom. The van der Waals surface area contributed by atoms with Gasteiger partial charge in [0.1, 0.15) is 14.1 Å². The number of rotatable bonds is 7. The number of carbonyl (C=O) groups excluding carboxylic acids is 3. The van der Waals surface area contributed by atoms with Crippen LogP contribution in [0.3, 0.4) is 0 Å². The number of benzene rings is 2. The fraction of sp³-hybridized carbons (Fsp3) is 0.273. The summed E-state index contributed by atoms with van der Waals surface area (Å²) >= 11 is 0. The molecular weight excluding hydrogens is 532 g/mol. The lowest BCUT2D eigenvalue weighted by atomic mass is 9.89. The number of nitrogens with zero attached hydrogens (tertiary/aromatic N) is 3. The van der Waals surface area contributed by atoms with Crippen molar-refractivity contribution in [2.24, 2.45) is 0 Å². The van der Waals surface area contributed by atoms with Gasteiger partial charge in [-0.3, -0.25) is 19.3 Å². The minimum atomic E-state index is -1.29. The molecule has 3 amide bonds. The molecule has 41 heavy (non-hydrogen) atoms. The highest BCUT2D eigenvalue weighted by Crippen LogP contribution is 2.66. The average Bonchev–Trinajstić information content (AvgIpc) is 3.27. The van der Waals surface area contributed by atoms with Gasteiger partial charge in [0, 0.05) is 72.5 Å². The van der Waals surface area contributed by atoms with Gasteiger partial charge in [0.15, 0.2) is 0 Å². The molecule has 0 saturated heterocycles. The van der Waals surface area contributed by atoms with Crippen LogP contribution in [-0.2, 0) is 9.59 Å². The van der Waals surface area contributed by atoms with E-state index < -0.39 is 10.0 Å². The van der Waals surface area contributed by atoms with Crippen molar-refractivity contribution in [3.8, 4) is 0 Å². The molecule has 0 spiro atoms. The smallest absolute Gasteiger partial charge is 0.253 e. The molecule has 3 aliphatic rings. The second-order valence-corrected chi connectivity index (χ2v) is 14.7. The molecule has 1 aliphatic carbocycles. The number of hydrogen-bond donors (Lipinski definition) is 1. The first-order chi connectivity index (χ1) is 19.5. The Hall–Kier alpha value is -4.17. The van der Waals surface area contributed by atoms with Gasteiger partial charge in [-0.2, -0.15) is 10.0 Å². The molecule has 5 rings (SSSR count). The van der Waals surface area contributed by atoms with E-state index in [1.807, 2.05) is 24.3 Å². The van der Waals surface area contributed by atoms with Crippen LogP contribution >= 0.6 is 10.0 Å². The van der Waals surface area contributed by atoms with Crippen LogP contribution in [0.4, 0.5) is 5.69 Å². The normalized spacial score (nSPS) is 17.8. The van der Waals surface area contributed by atoms with Crippen molar-refractivity contribution in [1.82, 2.24) is 10.2 Å². The maximum Gasteiger partial charge on any atom is 0.253 e. The number of carbonyl (C=O) groups is 3. The Labute approximate surface area is 243 Å². The van der Waals surface area contributed by atoms with E-state index in [0.717, 1.165) is 5.56 Å². The molecule has 0 radical (unpaired) electrons. The minimum Gasteiger partial charge on any atom is -0.378 e. The zero-order valence-electron chi connectivity index (χ0n) is 24.5. The molecule has 0 fully saturated rings. The molecule has 2 aliphatic heterocycles. The fourth-order valence-electron chi connectivity index (χ4n) is 5.39. The van der Waals surface area contributed by atoms with Gasteiger partial charge in [-0.05, 0) is 71.5 Å². The van der Waals surface area contributed by atoms with Gasteiger partial charge in [-0.25, -0.2) is 4.58 Å². The van der Waals surface area contributed by atoms with E-state index in [-0.39, 0.29) is 24.3 Å². The number of hydrogen-bond acceptors (Lipinski definition) is 4. The van der Waals surface area contributed by atoms with Crippen molar-refractivity contribution < 1.29 is 19.0 Å². The van der Waals surface area contributed by atoms with E-state index in [1.165, 1.54) is 55.0 Å². The lowest BCUT2D eigenvalue weighted by Gasteiger charge is -2.43. The maximum atomic E-state index is 12.9. The summed E-state index contributed by atoms with van der Waals surface area (Å²) in [7, 11) is 7.00. The summed E-state index contributed by atoms with van der Waals surface area (Å²) in [6.07, 6.45) is 14.5. The third kappa shape index (κ3) is 5.32. The van der Waals surface area contributed by atoms with E-state index in [1.54, 1.807) is 0 Å². The second kappa shape index (κ2) is 11.0. The van der Waals surface area contributed by atoms with Crippen molar-refractivity contribution >= 4 is 44.7 Å². The van der Waals surface area contributed by atoms with E-state index in [4.69, 9.17) is 0 Å². The van der Waals surface area contributed by atoms with Crippen LogP contribution in [0.2, 0.25) is 0 Å². The molecule has 0 bridgehead atoms. The van der Waals surface area contributed by atoms with E-state index in [9.17, 15) is 14.4 Å². The second-order valence-electron chi connectivity index (χ2n) is 11.2. The number of allylic oxidation sites excluding steroid dienone is 4. The molecule has 0 unspecified atom stereocenters. The monoisotopic (exact) mass is 569 g/mol. The minimum absolute atomic E-state index is 0.181. The molecule has 2 aromatic carbocycles. The first-order valence-corrected chi connectivity index (χ1v) is 16.1. The molecule has 8 heteroatoms. The first kappa shape index (κ1) is 28.4. The summed E-state index contributed by atoms with van der Waals surface area (Å²) in [5.74, 6) is -0.790. The Morgan fingerprint density at radius 2 is 1.63 bits per heavy atom. The molecule has 0 atom stereocenters. The molecule has 2 aromatic rings. The Morgan fingerprint density at radius 1 is 0.951 bits per heavy atom. The topological polar surface area (TPSA) is 72.7 Å². The molecule has 212 valence electrons. The highest BCUT2D eigenvalue weighted by atomic mass is 32.3. The molecular formula is C33H37N4O3S+. The van der Waals surface area contributed by atoms with Crippen molar-refractivity contribution in [2.75, 3.05) is 58.7 Å². The largest absolute Gasteiger partial charge is 0.378 e. The van der Waals surface area contributed by atoms with Gasteiger partial charge >= 0.3 is 0 Å². The zero-order valence-corrected chi connectivity index (χ0v) is 25.3. The molecule has 0 saturated carbocycles. The highest BCUT2D eigenvalue weighted by molar-refractivity contribution is 8.36. The van der Waals surface area contributed by atoms with E-state index in [0.29, 0.717) is 18.5 Å². The predicted molar refractivity (Wildman–Crippen MR) is 168 cm³/mol. The fourth-order valence-corrected chi connectivity index (χ4v) is 7.90. The van der Waals surface area contributed by atoms with Crippen LogP contribution in [0.5, 0.6) is 0 Å². The summed E-state index contributed by atoms with van der Waals surface area (Å²) in [6.45, 7) is 0.653. The van der Waals surface area contributed by atoms with Crippen LogP contribution in [0.15, 0.2) is 88.2 Å². The Kier molecular flexibility index (Phi) is 7.62. The Balaban J connectivity index is 1.43. The lowest BCUT2D eigenvalue weighted by molar-refractivity contribution is -0.462. The standard InChI is InChI=1S/C33H36N4O3S/c1-35(2)24-12-14-26-28(20-24)41(5,6)29-21-25(36(3)4)13-15-27(29)32(26)22-8-10-23(11-9-22)33(40)34-18-7-19-37-30(38)16-17-31(37)39/h8-17,20-21H,7,18-19H2,1-6H3/p+1. The number of amides is 3. The SMILES string of the molecule is CN(C)c1ccc2c(c1)S(C)(C)C1=CC(=[N+](C)C)C=CC1=C2c1ccc(C(=O)NCCCN2C(=O)C=CC2=O)cc1. The summed E-state index contributed by atoms with van der Waals surface area (Å²) in [5, 5.41) is 2.91. The lowest BCUT2D eigenvalue weighted by Crippen LogP contribution is -2.33. The van der Waals surface area contributed by atoms with E-state index in [2.05, 4.69) is 91.9 Å². The quantitative estimate of drug-likeness (QED) is 0.308. The van der Waals surface area contributed by atoms with Gasteiger partial charge < -0.3 is 10.2 Å². The highest BCUT2D eigenvalue weighted by Gasteiger charge is 2.36. The molecule has 1 N–H and O–H groups in total. The van der Waals surface area contributed by atoms with Gasteiger partial charge in [0.2, 0.25) is 5.71 Å². The van der Waals surface area contributed by atoms with Gasteiger partial charge in [0.05, 0.1) is 0 Å². The summed E-state index contributed by atoms with van der Waals surface area (Å²) in [6, 6.07) is 14.5. The van der Waals surface area contributed by atoms with E-state index >= 15 is 0 Å². The summed E-state index contributed by atoms with van der Waals surface area (Å²) in [4.78, 5) is 42.3. The van der Waals surface area contributed by atoms with Gasteiger partial charge in [-0.1, -0.05) is 18.2 Å². The predicted octanol–water partition coefficient (Wildman–Crippen LogP) is 4.20. The maximum absolute atomic E-state index is 12.9. The number of anilines is 1. The third-order valence-electron chi connectivity index (χ3n) is 7.78. The number of imide groups is 1. The zero-order chi connectivity index (χ0) is 29.5. The van der Waals surface area contributed by atoms with Crippen molar-refractivity contribution in [3.05, 3.63) is 100 Å². The Bertz CT molecular complexity index is 1590. The van der Waals surface area contributed by atoms with Crippen LogP contribution in [-0.4, -0.2) is 86.7 Å². The van der Waals surface area contributed by atoms with Gasteiger partial charge in [0.25, 0.3) is 17.7 Å².